The van der Waals surface area contributed by atoms with Gasteiger partial charge in [0.05, 0.1) is 5.69 Å². The summed E-state index contributed by atoms with van der Waals surface area (Å²) in [4.78, 5) is 32.9. The molecule has 2 amide bonds. The normalized spacial score (nSPS) is 10.9. The minimum Gasteiger partial charge on any atom is -0.455 e. The van der Waals surface area contributed by atoms with Gasteiger partial charge in [0, 0.05) is 17.8 Å². The molecule has 2 aromatic heterocycles. The topological polar surface area (TPSA) is 112 Å². The number of benzene rings is 2. The number of para-hydroxylation sites is 2. The van der Waals surface area contributed by atoms with Crippen LogP contribution in [-0.2, 0) is 11.2 Å². The third kappa shape index (κ3) is 4.69. The minimum atomic E-state index is -0.623. The van der Waals surface area contributed by atoms with Crippen LogP contribution in [0.25, 0.3) is 5.65 Å². The molecule has 3 N–H and O–H groups in total. The Morgan fingerprint density at radius 1 is 1.06 bits per heavy atom. The molecule has 33 heavy (non-hydrogen) atoms. The SMILES string of the molecule is Cc1ccc(Oc2ccccc2NC(=O)CCc2c(C)nc3c(C(N)=O)ncn3c2C)cc1. The van der Waals surface area contributed by atoms with E-state index in [2.05, 4.69) is 15.3 Å². The fraction of sp³-hybridized carbons (Fsp3) is 0.200. The lowest BCUT2D eigenvalue weighted by Gasteiger charge is -2.14. The van der Waals surface area contributed by atoms with Crippen molar-refractivity contribution in [2.75, 3.05) is 5.32 Å². The van der Waals surface area contributed by atoms with Crippen LogP contribution in [0, 0.1) is 20.8 Å². The monoisotopic (exact) mass is 443 g/mol. The smallest absolute Gasteiger partial charge is 0.271 e. The molecule has 0 saturated carbocycles. The Morgan fingerprint density at radius 3 is 2.52 bits per heavy atom. The quantitative estimate of drug-likeness (QED) is 0.446. The van der Waals surface area contributed by atoms with Crippen molar-refractivity contribution in [1.29, 1.82) is 0 Å². The second-order valence-corrected chi connectivity index (χ2v) is 7.87. The number of carbonyl (C=O) groups is 2. The zero-order valence-electron chi connectivity index (χ0n) is 18.8. The molecule has 4 aromatic rings. The molecular formula is C25H25N5O3. The van der Waals surface area contributed by atoms with Gasteiger partial charge in [0.1, 0.15) is 12.1 Å². The van der Waals surface area contributed by atoms with Gasteiger partial charge in [0.2, 0.25) is 5.91 Å². The van der Waals surface area contributed by atoms with E-state index in [-0.39, 0.29) is 18.0 Å². The van der Waals surface area contributed by atoms with Gasteiger partial charge in [0.15, 0.2) is 17.1 Å². The number of hydrogen-bond donors (Lipinski definition) is 2. The number of aryl methyl sites for hydroxylation is 3. The van der Waals surface area contributed by atoms with Crippen molar-refractivity contribution < 1.29 is 14.3 Å². The Balaban J connectivity index is 1.48. The van der Waals surface area contributed by atoms with Crippen molar-refractivity contribution in [3.05, 3.63) is 83.1 Å². The summed E-state index contributed by atoms with van der Waals surface area (Å²) < 4.78 is 7.69. The number of nitrogens with two attached hydrogens (primary N) is 1. The first-order valence-electron chi connectivity index (χ1n) is 10.6. The lowest BCUT2D eigenvalue weighted by atomic mass is 10.1. The van der Waals surface area contributed by atoms with Crippen LogP contribution in [0.4, 0.5) is 5.69 Å². The van der Waals surface area contributed by atoms with Gasteiger partial charge in [-0.2, -0.15) is 0 Å². The van der Waals surface area contributed by atoms with E-state index in [9.17, 15) is 9.59 Å². The third-order valence-electron chi connectivity index (χ3n) is 5.50. The van der Waals surface area contributed by atoms with Crippen LogP contribution in [0.2, 0.25) is 0 Å². The van der Waals surface area contributed by atoms with E-state index in [0.717, 1.165) is 22.5 Å². The predicted octanol–water partition coefficient (Wildman–Crippen LogP) is 4.12. The maximum Gasteiger partial charge on any atom is 0.271 e. The zero-order chi connectivity index (χ0) is 23.5. The van der Waals surface area contributed by atoms with E-state index in [0.29, 0.717) is 29.3 Å². The fourth-order valence-electron chi connectivity index (χ4n) is 3.71. The Morgan fingerprint density at radius 2 is 1.79 bits per heavy atom. The molecule has 0 saturated heterocycles. The summed E-state index contributed by atoms with van der Waals surface area (Å²) >= 11 is 0. The first-order valence-corrected chi connectivity index (χ1v) is 10.6. The molecule has 0 radical (unpaired) electrons. The number of fused-ring (bicyclic) bond motifs is 1. The summed E-state index contributed by atoms with van der Waals surface area (Å²) in [6.07, 6.45) is 2.27. The van der Waals surface area contributed by atoms with Crippen molar-refractivity contribution in [2.45, 2.75) is 33.6 Å². The zero-order valence-corrected chi connectivity index (χ0v) is 18.8. The van der Waals surface area contributed by atoms with E-state index < -0.39 is 5.91 Å². The number of imidazole rings is 1. The van der Waals surface area contributed by atoms with Crippen LogP contribution in [-0.4, -0.2) is 26.2 Å². The van der Waals surface area contributed by atoms with E-state index >= 15 is 0 Å². The molecule has 0 atom stereocenters. The average molecular weight is 444 g/mol. The fourth-order valence-corrected chi connectivity index (χ4v) is 3.71. The van der Waals surface area contributed by atoms with E-state index in [1.165, 1.54) is 6.33 Å². The van der Waals surface area contributed by atoms with Gasteiger partial charge >= 0.3 is 0 Å². The van der Waals surface area contributed by atoms with Gasteiger partial charge in [-0.05, 0) is 57.0 Å². The van der Waals surface area contributed by atoms with Gasteiger partial charge in [-0.15, -0.1) is 0 Å². The molecule has 0 bridgehead atoms. The van der Waals surface area contributed by atoms with E-state index in [1.54, 1.807) is 4.40 Å². The van der Waals surface area contributed by atoms with Crippen molar-refractivity contribution in [1.82, 2.24) is 14.4 Å². The number of amides is 2. The molecule has 0 spiro atoms. The van der Waals surface area contributed by atoms with Gasteiger partial charge in [-0.25, -0.2) is 9.97 Å². The van der Waals surface area contributed by atoms with E-state index in [1.807, 2.05) is 69.3 Å². The molecular weight excluding hydrogens is 418 g/mol. The van der Waals surface area contributed by atoms with Crippen LogP contribution in [0.15, 0.2) is 54.9 Å². The van der Waals surface area contributed by atoms with Crippen molar-refractivity contribution in [3.63, 3.8) is 0 Å². The van der Waals surface area contributed by atoms with Crippen LogP contribution < -0.4 is 15.8 Å². The first-order chi connectivity index (χ1) is 15.8. The summed E-state index contributed by atoms with van der Waals surface area (Å²) in [5, 5.41) is 2.94. The Hall–Kier alpha value is -4.20. The largest absolute Gasteiger partial charge is 0.455 e. The Bertz CT molecular complexity index is 1340. The van der Waals surface area contributed by atoms with Gasteiger partial charge in [-0.3, -0.25) is 14.0 Å². The minimum absolute atomic E-state index is 0.135. The van der Waals surface area contributed by atoms with Gasteiger partial charge in [0.25, 0.3) is 5.91 Å². The number of carbonyl (C=O) groups excluding carboxylic acids is 2. The number of anilines is 1. The number of nitrogens with one attached hydrogen (secondary N) is 1. The first kappa shape index (κ1) is 22.0. The number of ether oxygens (including phenoxy) is 1. The van der Waals surface area contributed by atoms with Crippen molar-refractivity contribution in [2.24, 2.45) is 5.73 Å². The van der Waals surface area contributed by atoms with Crippen LogP contribution >= 0.6 is 0 Å². The second kappa shape index (κ2) is 9.12. The third-order valence-corrected chi connectivity index (χ3v) is 5.50. The molecule has 0 fully saturated rings. The number of aromatic nitrogens is 3. The predicted molar refractivity (Wildman–Crippen MR) is 126 cm³/mol. The molecule has 0 unspecified atom stereocenters. The summed E-state index contributed by atoms with van der Waals surface area (Å²) in [5.41, 5.74) is 10.2. The molecule has 8 heteroatoms. The van der Waals surface area contributed by atoms with Crippen LogP contribution in [0.3, 0.4) is 0 Å². The Labute approximate surface area is 191 Å². The highest BCUT2D eigenvalue weighted by molar-refractivity contribution is 5.96. The maximum absolute atomic E-state index is 12.7. The number of primary amides is 1. The standard InChI is InChI=1S/C25H25N5O3/c1-15-8-10-18(11-9-15)33-21-7-5-4-6-20(21)29-22(31)13-12-19-16(2)28-25-23(24(26)32)27-14-30(25)17(19)3/h4-11,14H,12-13H2,1-3H3,(H2,26,32)(H,29,31). The molecule has 0 aliphatic heterocycles. The summed E-state index contributed by atoms with van der Waals surface area (Å²) in [6.45, 7) is 5.77. The summed E-state index contributed by atoms with van der Waals surface area (Å²) in [6, 6.07) is 15.1. The number of rotatable bonds is 7. The number of hydrogen-bond acceptors (Lipinski definition) is 5. The van der Waals surface area contributed by atoms with Crippen molar-refractivity contribution >= 4 is 23.1 Å². The van der Waals surface area contributed by atoms with Crippen LogP contribution in [0.1, 0.15) is 39.4 Å². The second-order valence-electron chi connectivity index (χ2n) is 7.87. The highest BCUT2D eigenvalue weighted by atomic mass is 16.5. The molecule has 4 rings (SSSR count). The molecule has 0 aliphatic rings. The molecule has 8 nitrogen and oxygen atoms in total. The average Bonchev–Trinajstić information content (AvgIpc) is 3.21. The number of nitrogens with zero attached hydrogens (tertiary/aromatic N) is 3. The molecule has 0 aliphatic carbocycles. The Kier molecular flexibility index (Phi) is 6.08. The lowest BCUT2D eigenvalue weighted by molar-refractivity contribution is -0.116. The lowest BCUT2D eigenvalue weighted by Crippen LogP contribution is -2.15. The molecule has 2 aromatic carbocycles. The van der Waals surface area contributed by atoms with Gasteiger partial charge < -0.3 is 15.8 Å². The summed E-state index contributed by atoms with van der Waals surface area (Å²) in [5.74, 6) is 0.505. The summed E-state index contributed by atoms with van der Waals surface area (Å²) in [7, 11) is 0. The highest BCUT2D eigenvalue weighted by Gasteiger charge is 2.17. The molecule has 168 valence electrons. The molecule has 2 heterocycles. The van der Waals surface area contributed by atoms with Crippen molar-refractivity contribution in [3.8, 4) is 11.5 Å². The van der Waals surface area contributed by atoms with Gasteiger partial charge in [-0.1, -0.05) is 29.8 Å². The highest BCUT2D eigenvalue weighted by Crippen LogP contribution is 2.29. The van der Waals surface area contributed by atoms with Crippen LogP contribution in [0.5, 0.6) is 11.5 Å². The van der Waals surface area contributed by atoms with E-state index in [4.69, 9.17) is 10.5 Å². The maximum atomic E-state index is 12.7.